The van der Waals surface area contributed by atoms with Gasteiger partial charge in [-0.25, -0.2) is 4.39 Å². The molecule has 1 rings (SSSR count). The van der Waals surface area contributed by atoms with Gasteiger partial charge in [0, 0.05) is 5.54 Å². The Morgan fingerprint density at radius 2 is 2.00 bits per heavy atom. The van der Waals surface area contributed by atoms with E-state index in [0.29, 0.717) is 16.5 Å². The summed E-state index contributed by atoms with van der Waals surface area (Å²) >= 11 is 3.19. The Morgan fingerprint density at radius 3 is 2.50 bits per heavy atom. The van der Waals surface area contributed by atoms with Crippen LogP contribution in [-0.2, 0) is 6.42 Å². The monoisotopic (exact) mass is 259 g/mol. The molecule has 1 aromatic rings. The predicted molar refractivity (Wildman–Crippen MR) is 60.8 cm³/mol. The summed E-state index contributed by atoms with van der Waals surface area (Å²) in [5.74, 6) is -0.200. The summed E-state index contributed by atoms with van der Waals surface area (Å²) in [6, 6.07) is 3.61. The molecular formula is C11H15BrFN. The van der Waals surface area contributed by atoms with Gasteiger partial charge in [-0.05, 0) is 60.3 Å². The molecule has 0 saturated carbocycles. The van der Waals surface area contributed by atoms with Crippen LogP contribution in [0.4, 0.5) is 4.39 Å². The third-order valence-corrected chi connectivity index (χ3v) is 2.47. The standard InChI is InChI=1S/C11H15BrFN/c1-7-4-8(6-11(2,3)14)10(13)9(12)5-7/h4-5H,6,14H2,1-3H3. The van der Waals surface area contributed by atoms with Crippen molar-refractivity contribution in [1.82, 2.24) is 0 Å². The highest BCUT2D eigenvalue weighted by Gasteiger charge is 2.16. The van der Waals surface area contributed by atoms with Gasteiger partial charge in [0.05, 0.1) is 4.47 Å². The Balaban J connectivity index is 3.09. The number of nitrogens with two attached hydrogens (primary N) is 1. The number of rotatable bonds is 2. The number of halogens is 2. The van der Waals surface area contributed by atoms with Gasteiger partial charge >= 0.3 is 0 Å². The first-order valence-corrected chi connectivity index (χ1v) is 5.32. The molecule has 0 aliphatic rings. The predicted octanol–water partition coefficient (Wildman–Crippen LogP) is 3.18. The first-order chi connectivity index (χ1) is 6.29. The van der Waals surface area contributed by atoms with Crippen LogP contribution in [0.3, 0.4) is 0 Å². The van der Waals surface area contributed by atoms with E-state index in [1.165, 1.54) is 0 Å². The fourth-order valence-corrected chi connectivity index (χ4v) is 2.03. The lowest BCUT2D eigenvalue weighted by atomic mass is 9.95. The molecule has 0 aromatic heterocycles. The largest absolute Gasteiger partial charge is 0.325 e. The van der Waals surface area contributed by atoms with Crippen molar-refractivity contribution < 1.29 is 4.39 Å². The minimum absolute atomic E-state index is 0.200. The van der Waals surface area contributed by atoms with Crippen LogP contribution in [-0.4, -0.2) is 5.54 Å². The molecular weight excluding hydrogens is 245 g/mol. The molecule has 0 aliphatic heterocycles. The van der Waals surface area contributed by atoms with Crippen LogP contribution in [0, 0.1) is 12.7 Å². The summed E-state index contributed by atoms with van der Waals surface area (Å²) in [6.45, 7) is 5.72. The molecule has 14 heavy (non-hydrogen) atoms. The molecule has 78 valence electrons. The number of benzene rings is 1. The highest BCUT2D eigenvalue weighted by molar-refractivity contribution is 9.10. The van der Waals surface area contributed by atoms with E-state index < -0.39 is 0 Å². The van der Waals surface area contributed by atoms with Crippen LogP contribution < -0.4 is 5.73 Å². The molecule has 2 N–H and O–H groups in total. The minimum atomic E-state index is -0.381. The van der Waals surface area contributed by atoms with Gasteiger partial charge in [-0.1, -0.05) is 6.07 Å². The van der Waals surface area contributed by atoms with E-state index in [0.717, 1.165) is 5.56 Å². The van der Waals surface area contributed by atoms with Crippen LogP contribution in [0.15, 0.2) is 16.6 Å². The fourth-order valence-electron chi connectivity index (χ4n) is 1.42. The summed E-state index contributed by atoms with van der Waals surface area (Å²) < 4.78 is 14.1. The van der Waals surface area contributed by atoms with Gasteiger partial charge in [-0.3, -0.25) is 0 Å². The molecule has 0 fully saturated rings. The molecule has 1 nitrogen and oxygen atoms in total. The third-order valence-electron chi connectivity index (χ3n) is 1.89. The van der Waals surface area contributed by atoms with E-state index in [-0.39, 0.29) is 11.4 Å². The van der Waals surface area contributed by atoms with Gasteiger partial charge < -0.3 is 5.73 Å². The quantitative estimate of drug-likeness (QED) is 0.868. The smallest absolute Gasteiger partial charge is 0.140 e. The number of hydrogen-bond donors (Lipinski definition) is 1. The molecule has 0 heterocycles. The van der Waals surface area contributed by atoms with E-state index in [1.807, 2.05) is 26.8 Å². The first-order valence-electron chi connectivity index (χ1n) is 4.53. The second-order valence-corrected chi connectivity index (χ2v) is 5.24. The van der Waals surface area contributed by atoms with E-state index in [2.05, 4.69) is 15.9 Å². The van der Waals surface area contributed by atoms with Crippen LogP contribution in [0.1, 0.15) is 25.0 Å². The van der Waals surface area contributed by atoms with E-state index in [4.69, 9.17) is 5.73 Å². The molecule has 1 aromatic carbocycles. The van der Waals surface area contributed by atoms with E-state index >= 15 is 0 Å². The lowest BCUT2D eigenvalue weighted by molar-refractivity contribution is 0.495. The molecule has 0 amide bonds. The second-order valence-electron chi connectivity index (χ2n) is 4.39. The van der Waals surface area contributed by atoms with Crippen LogP contribution in [0.2, 0.25) is 0 Å². The topological polar surface area (TPSA) is 26.0 Å². The van der Waals surface area contributed by atoms with Gasteiger partial charge in [0.15, 0.2) is 0 Å². The maximum atomic E-state index is 13.6. The van der Waals surface area contributed by atoms with Gasteiger partial charge in [0.1, 0.15) is 5.82 Å². The molecule has 3 heteroatoms. The lowest BCUT2D eigenvalue weighted by Crippen LogP contribution is -2.34. The molecule has 0 saturated heterocycles. The summed E-state index contributed by atoms with van der Waals surface area (Å²) in [5.41, 5.74) is 7.18. The molecule has 0 bridgehead atoms. The molecule has 0 unspecified atom stereocenters. The van der Waals surface area contributed by atoms with Crippen molar-refractivity contribution in [3.05, 3.63) is 33.5 Å². The zero-order valence-corrected chi connectivity index (χ0v) is 10.3. The van der Waals surface area contributed by atoms with Crippen molar-refractivity contribution in [3.63, 3.8) is 0 Å². The Kier molecular flexibility index (Phi) is 3.32. The summed E-state index contributed by atoms with van der Waals surface area (Å²) in [5, 5.41) is 0. The van der Waals surface area contributed by atoms with Gasteiger partial charge in [0.2, 0.25) is 0 Å². The van der Waals surface area contributed by atoms with Crippen molar-refractivity contribution in [2.75, 3.05) is 0 Å². The second kappa shape index (κ2) is 3.99. The molecule has 0 atom stereocenters. The van der Waals surface area contributed by atoms with Crippen molar-refractivity contribution in [1.29, 1.82) is 0 Å². The maximum absolute atomic E-state index is 13.6. The summed E-state index contributed by atoms with van der Waals surface area (Å²) in [6.07, 6.45) is 0.541. The first kappa shape index (κ1) is 11.7. The zero-order chi connectivity index (χ0) is 10.9. The number of hydrogen-bond acceptors (Lipinski definition) is 1. The number of aryl methyl sites for hydroxylation is 1. The summed E-state index contributed by atoms with van der Waals surface area (Å²) in [4.78, 5) is 0. The SMILES string of the molecule is Cc1cc(Br)c(F)c(CC(C)(C)N)c1. The van der Waals surface area contributed by atoms with Crippen LogP contribution in [0.5, 0.6) is 0 Å². The van der Waals surface area contributed by atoms with E-state index in [9.17, 15) is 4.39 Å². The highest BCUT2D eigenvalue weighted by atomic mass is 79.9. The Hall–Kier alpha value is -0.410. The molecule has 0 aliphatic carbocycles. The van der Waals surface area contributed by atoms with E-state index in [1.54, 1.807) is 6.07 Å². The Bertz CT molecular complexity index is 342. The van der Waals surface area contributed by atoms with Crippen LogP contribution in [0.25, 0.3) is 0 Å². The van der Waals surface area contributed by atoms with Crippen molar-refractivity contribution in [2.24, 2.45) is 5.73 Å². The summed E-state index contributed by atoms with van der Waals surface area (Å²) in [7, 11) is 0. The average molecular weight is 260 g/mol. The van der Waals surface area contributed by atoms with Gasteiger partial charge in [-0.15, -0.1) is 0 Å². The lowest BCUT2D eigenvalue weighted by Gasteiger charge is -2.19. The van der Waals surface area contributed by atoms with Crippen molar-refractivity contribution in [2.45, 2.75) is 32.7 Å². The highest BCUT2D eigenvalue weighted by Crippen LogP contribution is 2.23. The zero-order valence-electron chi connectivity index (χ0n) is 8.70. The third kappa shape index (κ3) is 3.07. The van der Waals surface area contributed by atoms with Gasteiger partial charge in [0.25, 0.3) is 0 Å². The minimum Gasteiger partial charge on any atom is -0.325 e. The van der Waals surface area contributed by atoms with Crippen molar-refractivity contribution in [3.8, 4) is 0 Å². The molecule has 0 radical (unpaired) electrons. The van der Waals surface area contributed by atoms with Crippen LogP contribution >= 0.6 is 15.9 Å². The normalized spacial score (nSPS) is 11.9. The van der Waals surface area contributed by atoms with Crippen molar-refractivity contribution >= 4 is 15.9 Å². The van der Waals surface area contributed by atoms with Gasteiger partial charge in [-0.2, -0.15) is 0 Å². The Morgan fingerprint density at radius 1 is 1.43 bits per heavy atom. The fraction of sp³-hybridized carbons (Fsp3) is 0.455. The Labute approximate surface area is 92.6 Å². The molecule has 0 spiro atoms. The maximum Gasteiger partial charge on any atom is 0.140 e. The average Bonchev–Trinajstić information content (AvgIpc) is 1.96.